The lowest BCUT2D eigenvalue weighted by molar-refractivity contribution is 0.264. The monoisotopic (exact) mass is 328 g/mol. The van der Waals surface area contributed by atoms with Crippen molar-refractivity contribution in [3.63, 3.8) is 0 Å². The zero-order valence-electron chi connectivity index (χ0n) is 13.0. The number of ether oxygens (including phenoxy) is 1. The first-order valence-electron chi connectivity index (χ1n) is 7.43. The Morgan fingerprint density at radius 2 is 1.87 bits per heavy atom. The molecule has 0 radical (unpaired) electrons. The van der Waals surface area contributed by atoms with E-state index in [2.05, 4.69) is 30.1 Å². The molecule has 118 valence electrons. The van der Waals surface area contributed by atoms with Crippen LogP contribution >= 0.6 is 11.6 Å². The van der Waals surface area contributed by atoms with Gasteiger partial charge in [0, 0.05) is 10.6 Å². The Kier molecular flexibility index (Phi) is 4.63. The molecule has 3 aromatic rings. The van der Waals surface area contributed by atoms with Gasteiger partial charge in [0.05, 0.1) is 0 Å². The standard InChI is InChI=1S/C18H17ClN2O2/c1-12(2)14-4-3-5-16(10-14)22-11-17-20-21-18(23-17)13-6-8-15(19)9-7-13/h3-10,12H,11H2,1-2H3. The number of rotatable bonds is 5. The minimum absolute atomic E-state index is 0.238. The summed E-state index contributed by atoms with van der Waals surface area (Å²) in [6.07, 6.45) is 0. The molecular weight excluding hydrogens is 312 g/mol. The van der Waals surface area contributed by atoms with Crippen molar-refractivity contribution in [2.24, 2.45) is 0 Å². The summed E-state index contributed by atoms with van der Waals surface area (Å²) in [5.74, 6) is 2.14. The van der Waals surface area contributed by atoms with Crippen molar-refractivity contribution >= 4 is 11.6 Å². The maximum absolute atomic E-state index is 5.87. The Bertz CT molecular complexity index is 782. The molecule has 0 aliphatic heterocycles. The predicted molar refractivity (Wildman–Crippen MR) is 89.6 cm³/mol. The van der Waals surface area contributed by atoms with Gasteiger partial charge in [-0.25, -0.2) is 0 Å². The highest BCUT2D eigenvalue weighted by Gasteiger charge is 2.09. The van der Waals surface area contributed by atoms with Gasteiger partial charge in [0.2, 0.25) is 5.89 Å². The molecule has 1 aromatic heterocycles. The Morgan fingerprint density at radius 3 is 2.61 bits per heavy atom. The summed E-state index contributed by atoms with van der Waals surface area (Å²) in [4.78, 5) is 0. The fraction of sp³-hybridized carbons (Fsp3) is 0.222. The summed E-state index contributed by atoms with van der Waals surface area (Å²) in [6, 6.07) is 15.3. The number of halogens is 1. The van der Waals surface area contributed by atoms with Crippen molar-refractivity contribution in [1.29, 1.82) is 0 Å². The van der Waals surface area contributed by atoms with Crippen molar-refractivity contribution < 1.29 is 9.15 Å². The van der Waals surface area contributed by atoms with E-state index < -0.39 is 0 Å². The van der Waals surface area contributed by atoms with Crippen molar-refractivity contribution in [3.8, 4) is 17.2 Å². The van der Waals surface area contributed by atoms with Gasteiger partial charge in [-0.3, -0.25) is 0 Å². The Morgan fingerprint density at radius 1 is 1.09 bits per heavy atom. The molecular formula is C18H17ClN2O2. The van der Waals surface area contributed by atoms with E-state index >= 15 is 0 Å². The number of nitrogens with zero attached hydrogens (tertiary/aromatic N) is 2. The van der Waals surface area contributed by atoms with Crippen LogP contribution in [-0.4, -0.2) is 10.2 Å². The minimum Gasteiger partial charge on any atom is -0.484 e. The van der Waals surface area contributed by atoms with Gasteiger partial charge in [0.1, 0.15) is 5.75 Å². The van der Waals surface area contributed by atoms with Crippen molar-refractivity contribution in [2.75, 3.05) is 0 Å². The third-order valence-corrected chi connectivity index (χ3v) is 3.70. The molecule has 1 heterocycles. The van der Waals surface area contributed by atoms with Crippen LogP contribution in [0.25, 0.3) is 11.5 Å². The quantitative estimate of drug-likeness (QED) is 0.654. The normalized spacial score (nSPS) is 11.0. The summed E-state index contributed by atoms with van der Waals surface area (Å²) in [5.41, 5.74) is 2.06. The van der Waals surface area contributed by atoms with E-state index in [9.17, 15) is 0 Å². The highest BCUT2D eigenvalue weighted by Crippen LogP contribution is 2.22. The topological polar surface area (TPSA) is 48.2 Å². The molecule has 23 heavy (non-hydrogen) atoms. The summed E-state index contributed by atoms with van der Waals surface area (Å²) in [7, 11) is 0. The smallest absolute Gasteiger partial charge is 0.254 e. The van der Waals surface area contributed by atoms with Crippen LogP contribution in [0.3, 0.4) is 0 Å². The van der Waals surface area contributed by atoms with E-state index in [4.69, 9.17) is 20.8 Å². The lowest BCUT2D eigenvalue weighted by Crippen LogP contribution is -1.97. The highest BCUT2D eigenvalue weighted by molar-refractivity contribution is 6.30. The van der Waals surface area contributed by atoms with Crippen molar-refractivity contribution in [2.45, 2.75) is 26.4 Å². The van der Waals surface area contributed by atoms with Crippen LogP contribution in [0, 0.1) is 0 Å². The van der Waals surface area contributed by atoms with Crippen LogP contribution in [0.2, 0.25) is 5.02 Å². The van der Waals surface area contributed by atoms with E-state index in [1.165, 1.54) is 5.56 Å². The lowest BCUT2D eigenvalue weighted by atomic mass is 10.0. The largest absolute Gasteiger partial charge is 0.484 e. The first kappa shape index (κ1) is 15.6. The molecule has 0 N–H and O–H groups in total. The van der Waals surface area contributed by atoms with Crippen LogP contribution in [-0.2, 0) is 6.61 Å². The van der Waals surface area contributed by atoms with Gasteiger partial charge in [0.15, 0.2) is 6.61 Å². The third-order valence-electron chi connectivity index (χ3n) is 3.45. The third kappa shape index (κ3) is 3.90. The van der Waals surface area contributed by atoms with Crippen LogP contribution < -0.4 is 4.74 Å². The molecule has 0 unspecified atom stereocenters. The molecule has 0 atom stereocenters. The van der Waals surface area contributed by atoms with Gasteiger partial charge < -0.3 is 9.15 Å². The highest BCUT2D eigenvalue weighted by atomic mass is 35.5. The SMILES string of the molecule is CC(C)c1cccc(OCc2nnc(-c3ccc(Cl)cc3)o2)c1. The minimum atomic E-state index is 0.238. The molecule has 0 aliphatic carbocycles. The number of benzene rings is 2. The van der Waals surface area contributed by atoms with Crippen LogP contribution in [0.5, 0.6) is 5.75 Å². The fourth-order valence-electron chi connectivity index (χ4n) is 2.13. The van der Waals surface area contributed by atoms with Gasteiger partial charge in [-0.2, -0.15) is 0 Å². The molecule has 0 aliphatic rings. The molecule has 0 fully saturated rings. The van der Waals surface area contributed by atoms with Crippen molar-refractivity contribution in [1.82, 2.24) is 10.2 Å². The first-order chi connectivity index (χ1) is 11.1. The number of hydrogen-bond acceptors (Lipinski definition) is 4. The summed E-state index contributed by atoms with van der Waals surface area (Å²) >= 11 is 5.87. The molecule has 5 heteroatoms. The average Bonchev–Trinajstić information content (AvgIpc) is 3.03. The molecule has 0 amide bonds. The molecule has 0 saturated heterocycles. The molecule has 4 nitrogen and oxygen atoms in total. The van der Waals surface area contributed by atoms with Crippen LogP contribution in [0.15, 0.2) is 52.9 Å². The van der Waals surface area contributed by atoms with Gasteiger partial charge in [0.25, 0.3) is 5.89 Å². The zero-order valence-corrected chi connectivity index (χ0v) is 13.7. The summed E-state index contributed by atoms with van der Waals surface area (Å²) < 4.78 is 11.4. The van der Waals surface area contributed by atoms with E-state index in [1.807, 2.05) is 30.3 Å². The second kappa shape index (κ2) is 6.84. The molecule has 2 aromatic carbocycles. The Balaban J connectivity index is 1.67. The van der Waals surface area contributed by atoms with Gasteiger partial charge in [-0.1, -0.05) is 37.6 Å². The van der Waals surface area contributed by atoms with E-state index in [-0.39, 0.29) is 6.61 Å². The number of aromatic nitrogens is 2. The van der Waals surface area contributed by atoms with Crippen molar-refractivity contribution in [3.05, 3.63) is 65.0 Å². The van der Waals surface area contributed by atoms with Crippen LogP contribution in [0.4, 0.5) is 0 Å². The van der Waals surface area contributed by atoms with Gasteiger partial charge in [-0.15, -0.1) is 10.2 Å². The van der Waals surface area contributed by atoms with E-state index in [0.717, 1.165) is 11.3 Å². The molecule has 0 spiro atoms. The summed E-state index contributed by atoms with van der Waals surface area (Å²) in [6.45, 7) is 4.53. The zero-order chi connectivity index (χ0) is 16.2. The Labute approximate surface area is 140 Å². The molecule has 0 bridgehead atoms. The lowest BCUT2D eigenvalue weighted by Gasteiger charge is -2.08. The Hall–Kier alpha value is -2.33. The van der Waals surface area contributed by atoms with Crippen LogP contribution in [0.1, 0.15) is 31.2 Å². The average molecular weight is 329 g/mol. The van der Waals surface area contributed by atoms with Gasteiger partial charge >= 0.3 is 0 Å². The maximum Gasteiger partial charge on any atom is 0.254 e. The molecule has 0 saturated carbocycles. The van der Waals surface area contributed by atoms with E-state index in [1.54, 1.807) is 12.1 Å². The molecule has 3 rings (SSSR count). The second-order valence-corrected chi connectivity index (χ2v) is 5.96. The first-order valence-corrected chi connectivity index (χ1v) is 7.80. The number of hydrogen-bond donors (Lipinski definition) is 0. The fourth-order valence-corrected chi connectivity index (χ4v) is 2.26. The maximum atomic E-state index is 5.87. The predicted octanol–water partition coefficient (Wildman–Crippen LogP) is 5.09. The summed E-state index contributed by atoms with van der Waals surface area (Å²) in [5, 5.41) is 8.72. The van der Waals surface area contributed by atoms with E-state index in [0.29, 0.717) is 22.7 Å². The second-order valence-electron chi connectivity index (χ2n) is 5.52. The van der Waals surface area contributed by atoms with Gasteiger partial charge in [-0.05, 0) is 47.9 Å².